The first kappa shape index (κ1) is 19.0. The fraction of sp³-hybridized carbons (Fsp3) is 0.529. The average Bonchev–Trinajstić information content (AvgIpc) is 3.10. The largest absolute Gasteiger partial charge is 0.391 e. The number of guanidine groups is 1. The van der Waals surface area contributed by atoms with E-state index in [0.29, 0.717) is 13.1 Å². The second kappa shape index (κ2) is 8.66. The highest BCUT2D eigenvalue weighted by molar-refractivity contribution is 14.0. The third-order valence-corrected chi connectivity index (χ3v) is 4.23. The van der Waals surface area contributed by atoms with Crippen molar-refractivity contribution in [3.63, 3.8) is 0 Å². The van der Waals surface area contributed by atoms with Gasteiger partial charge in [0.05, 0.1) is 23.7 Å². The summed E-state index contributed by atoms with van der Waals surface area (Å²) < 4.78 is 2.21. The molecule has 1 atom stereocenters. The molecule has 6 nitrogen and oxygen atoms in total. The number of nitrogens with zero attached hydrogens (tertiary/aromatic N) is 4. The molecule has 1 aliphatic rings. The average molecular weight is 443 g/mol. The number of rotatable bonds is 4. The molecule has 1 fully saturated rings. The molecule has 2 aromatic rings. The Morgan fingerprint density at radius 2 is 2.21 bits per heavy atom. The molecule has 1 aliphatic heterocycles. The van der Waals surface area contributed by atoms with E-state index in [1.54, 1.807) is 0 Å². The maximum atomic E-state index is 9.71. The standard InChI is InChI=1S/C17H25N5O.HI/c1-3-18-17(21-10-8-14(23)12-21)19-9-11-22-13(2)20-15-6-4-5-7-16(15)22;/h4-7,14,23H,3,8-12H2,1-2H3,(H,18,19);1H/t14-;/m1./s1. The highest BCUT2D eigenvalue weighted by Crippen LogP contribution is 2.15. The number of aliphatic imine (C=N–C) groups is 1. The molecule has 0 radical (unpaired) electrons. The van der Waals surface area contributed by atoms with Gasteiger partial charge < -0.3 is 19.9 Å². The molecule has 0 unspecified atom stereocenters. The number of aliphatic hydroxyl groups is 1. The van der Waals surface area contributed by atoms with E-state index in [2.05, 4.69) is 32.8 Å². The van der Waals surface area contributed by atoms with E-state index in [9.17, 15) is 5.11 Å². The fourth-order valence-corrected chi connectivity index (χ4v) is 3.09. The minimum atomic E-state index is -0.237. The molecule has 132 valence electrons. The second-order valence-corrected chi connectivity index (χ2v) is 5.92. The third kappa shape index (κ3) is 4.18. The zero-order valence-corrected chi connectivity index (χ0v) is 16.6. The Bertz CT molecular complexity index is 699. The quantitative estimate of drug-likeness (QED) is 0.431. The van der Waals surface area contributed by atoms with Crippen molar-refractivity contribution in [3.8, 4) is 0 Å². The lowest BCUT2D eigenvalue weighted by atomic mass is 10.3. The van der Waals surface area contributed by atoms with Gasteiger partial charge in [0.2, 0.25) is 0 Å². The summed E-state index contributed by atoms with van der Waals surface area (Å²) in [6, 6.07) is 8.19. The molecule has 3 rings (SSSR count). The molecule has 2 heterocycles. The van der Waals surface area contributed by atoms with Crippen LogP contribution in [0.3, 0.4) is 0 Å². The van der Waals surface area contributed by atoms with Crippen molar-refractivity contribution in [3.05, 3.63) is 30.1 Å². The normalized spacial score (nSPS) is 18.0. The van der Waals surface area contributed by atoms with Crippen LogP contribution < -0.4 is 5.32 Å². The Balaban J connectivity index is 0.00000208. The van der Waals surface area contributed by atoms with Crippen LogP contribution in [-0.4, -0.2) is 57.8 Å². The zero-order valence-electron chi connectivity index (χ0n) is 14.3. The SMILES string of the molecule is CCNC(=NCCn1c(C)nc2ccccc21)N1CC[C@@H](O)C1.I. The molecule has 1 aromatic carbocycles. The summed E-state index contributed by atoms with van der Waals surface area (Å²) in [4.78, 5) is 11.4. The lowest BCUT2D eigenvalue weighted by molar-refractivity contribution is 0.188. The summed E-state index contributed by atoms with van der Waals surface area (Å²) in [5.74, 6) is 1.91. The predicted molar refractivity (Wildman–Crippen MR) is 108 cm³/mol. The third-order valence-electron chi connectivity index (χ3n) is 4.23. The van der Waals surface area contributed by atoms with Gasteiger partial charge in [-0.3, -0.25) is 4.99 Å². The highest BCUT2D eigenvalue weighted by Gasteiger charge is 2.22. The number of β-amino-alcohol motifs (C(OH)–C–C–N with tert-alkyl or cyclic N) is 1. The molecule has 0 spiro atoms. The number of fused-ring (bicyclic) bond motifs is 1. The summed E-state index contributed by atoms with van der Waals surface area (Å²) in [7, 11) is 0. The van der Waals surface area contributed by atoms with Gasteiger partial charge in [0.1, 0.15) is 5.82 Å². The van der Waals surface area contributed by atoms with Crippen LogP contribution in [0.5, 0.6) is 0 Å². The minimum Gasteiger partial charge on any atom is -0.391 e. The Morgan fingerprint density at radius 3 is 2.92 bits per heavy atom. The number of aliphatic hydroxyl groups excluding tert-OH is 1. The number of aryl methyl sites for hydroxylation is 1. The van der Waals surface area contributed by atoms with Crippen molar-refractivity contribution in [2.75, 3.05) is 26.2 Å². The van der Waals surface area contributed by atoms with Gasteiger partial charge in [0.15, 0.2) is 5.96 Å². The first-order chi connectivity index (χ1) is 11.2. The van der Waals surface area contributed by atoms with Crippen LogP contribution in [0.25, 0.3) is 11.0 Å². The van der Waals surface area contributed by atoms with Crippen molar-refractivity contribution >= 4 is 41.0 Å². The molecular weight excluding hydrogens is 417 g/mol. The van der Waals surface area contributed by atoms with Crippen LogP contribution >= 0.6 is 24.0 Å². The van der Waals surface area contributed by atoms with Gasteiger partial charge in [-0.2, -0.15) is 0 Å². The van der Waals surface area contributed by atoms with Crippen LogP contribution in [0.1, 0.15) is 19.2 Å². The molecule has 0 amide bonds. The van der Waals surface area contributed by atoms with Crippen molar-refractivity contribution in [1.29, 1.82) is 0 Å². The molecule has 0 saturated carbocycles. The summed E-state index contributed by atoms with van der Waals surface area (Å²) in [5, 5.41) is 13.0. The van der Waals surface area contributed by atoms with Crippen LogP contribution in [0, 0.1) is 6.92 Å². The monoisotopic (exact) mass is 443 g/mol. The van der Waals surface area contributed by atoms with Gasteiger partial charge in [-0.15, -0.1) is 24.0 Å². The fourth-order valence-electron chi connectivity index (χ4n) is 3.09. The smallest absolute Gasteiger partial charge is 0.194 e. The van der Waals surface area contributed by atoms with Crippen molar-refractivity contribution in [2.24, 2.45) is 4.99 Å². The van der Waals surface area contributed by atoms with Gasteiger partial charge in [-0.05, 0) is 32.4 Å². The first-order valence-electron chi connectivity index (χ1n) is 8.32. The van der Waals surface area contributed by atoms with Crippen molar-refractivity contribution < 1.29 is 5.11 Å². The maximum Gasteiger partial charge on any atom is 0.194 e. The van der Waals surface area contributed by atoms with Gasteiger partial charge in [0, 0.05) is 26.2 Å². The lowest BCUT2D eigenvalue weighted by Crippen LogP contribution is -2.40. The lowest BCUT2D eigenvalue weighted by Gasteiger charge is -2.21. The number of hydrogen-bond acceptors (Lipinski definition) is 3. The van der Waals surface area contributed by atoms with E-state index in [0.717, 1.165) is 48.9 Å². The number of hydrogen-bond donors (Lipinski definition) is 2. The van der Waals surface area contributed by atoms with Gasteiger partial charge in [-0.1, -0.05) is 12.1 Å². The van der Waals surface area contributed by atoms with E-state index < -0.39 is 0 Å². The van der Waals surface area contributed by atoms with E-state index in [1.165, 1.54) is 0 Å². The van der Waals surface area contributed by atoms with E-state index >= 15 is 0 Å². The van der Waals surface area contributed by atoms with Crippen molar-refractivity contribution in [1.82, 2.24) is 19.8 Å². The molecule has 2 N–H and O–H groups in total. The summed E-state index contributed by atoms with van der Waals surface area (Å²) in [5.41, 5.74) is 2.19. The predicted octanol–water partition coefficient (Wildman–Crippen LogP) is 1.99. The van der Waals surface area contributed by atoms with E-state index in [4.69, 9.17) is 4.99 Å². The van der Waals surface area contributed by atoms with Gasteiger partial charge in [-0.25, -0.2) is 4.98 Å². The highest BCUT2D eigenvalue weighted by atomic mass is 127. The number of nitrogens with one attached hydrogen (secondary N) is 1. The Kier molecular flexibility index (Phi) is 6.85. The zero-order chi connectivity index (χ0) is 16.2. The van der Waals surface area contributed by atoms with Crippen LogP contribution in [0.4, 0.5) is 0 Å². The number of likely N-dealkylation sites (tertiary alicyclic amines) is 1. The molecule has 24 heavy (non-hydrogen) atoms. The first-order valence-corrected chi connectivity index (χ1v) is 8.32. The Labute approximate surface area is 160 Å². The number of imidazole rings is 1. The summed E-state index contributed by atoms with van der Waals surface area (Å²) >= 11 is 0. The molecule has 0 bridgehead atoms. The number of benzene rings is 1. The summed E-state index contributed by atoms with van der Waals surface area (Å²) in [6.45, 7) is 7.95. The molecule has 7 heteroatoms. The molecule has 0 aliphatic carbocycles. The number of halogens is 1. The van der Waals surface area contributed by atoms with Crippen LogP contribution in [-0.2, 0) is 6.54 Å². The molecule has 1 aromatic heterocycles. The number of aromatic nitrogens is 2. The Hall–Kier alpha value is -1.35. The number of para-hydroxylation sites is 2. The van der Waals surface area contributed by atoms with E-state index in [-0.39, 0.29) is 30.1 Å². The van der Waals surface area contributed by atoms with Gasteiger partial charge in [0.25, 0.3) is 0 Å². The van der Waals surface area contributed by atoms with E-state index in [1.807, 2.05) is 25.1 Å². The van der Waals surface area contributed by atoms with Crippen LogP contribution in [0.2, 0.25) is 0 Å². The van der Waals surface area contributed by atoms with Gasteiger partial charge >= 0.3 is 0 Å². The second-order valence-electron chi connectivity index (χ2n) is 5.92. The minimum absolute atomic E-state index is 0. The maximum absolute atomic E-state index is 9.71. The molecular formula is C17H26IN5O. The topological polar surface area (TPSA) is 65.7 Å². The summed E-state index contributed by atoms with van der Waals surface area (Å²) in [6.07, 6.45) is 0.578. The van der Waals surface area contributed by atoms with Crippen molar-refractivity contribution in [2.45, 2.75) is 32.9 Å². The Morgan fingerprint density at radius 1 is 1.42 bits per heavy atom. The van der Waals surface area contributed by atoms with Crippen LogP contribution in [0.15, 0.2) is 29.3 Å². The molecule has 1 saturated heterocycles.